The number of fused-ring (bicyclic) bond motifs is 3. The van der Waals surface area contributed by atoms with Gasteiger partial charge in [-0.2, -0.15) is 0 Å². The summed E-state index contributed by atoms with van der Waals surface area (Å²) in [6.45, 7) is -0.136. The minimum atomic E-state index is -1.04. The Morgan fingerprint density at radius 3 is 2.74 bits per heavy atom. The molecule has 0 saturated heterocycles. The van der Waals surface area contributed by atoms with E-state index in [2.05, 4.69) is 15.3 Å². The number of imidazole rings is 1. The van der Waals surface area contributed by atoms with Crippen molar-refractivity contribution < 1.29 is 18.7 Å². The van der Waals surface area contributed by atoms with Crippen molar-refractivity contribution in [1.82, 2.24) is 19.7 Å². The van der Waals surface area contributed by atoms with Gasteiger partial charge in [0, 0.05) is 6.54 Å². The number of para-hydroxylation sites is 2. The average Bonchev–Trinajstić information content (AvgIpc) is 3.04. The van der Waals surface area contributed by atoms with Gasteiger partial charge in [0.25, 0.3) is 5.91 Å². The number of nitrogens with zero attached hydrogens (tertiary/aromatic N) is 2. The molecular formula is C18H12F2N4O3. The lowest BCUT2D eigenvalue weighted by Crippen LogP contribution is -2.27. The summed E-state index contributed by atoms with van der Waals surface area (Å²) in [4.78, 5) is 31.7. The van der Waals surface area contributed by atoms with Gasteiger partial charge in [-0.15, -0.1) is 0 Å². The molecule has 136 valence electrons. The van der Waals surface area contributed by atoms with Gasteiger partial charge in [0.15, 0.2) is 17.3 Å². The molecule has 0 spiro atoms. The molecule has 0 aliphatic carbocycles. The number of rotatable bonds is 3. The molecule has 2 heterocycles. The summed E-state index contributed by atoms with van der Waals surface area (Å²) in [6, 6.07) is 10.1. The SMILES string of the molecule is O=C(NCc1ccc(F)c(F)c1)c1nc2[nH]c3ccccc3n2c(=O)c1O. The quantitative estimate of drug-likeness (QED) is 0.514. The normalized spacial score (nSPS) is 11.2. The van der Waals surface area contributed by atoms with Crippen LogP contribution in [0.15, 0.2) is 47.3 Å². The highest BCUT2D eigenvalue weighted by atomic mass is 19.2. The van der Waals surface area contributed by atoms with Gasteiger partial charge in [0.1, 0.15) is 0 Å². The Kier molecular flexibility index (Phi) is 3.84. The van der Waals surface area contributed by atoms with Gasteiger partial charge in [0.05, 0.1) is 11.0 Å². The lowest BCUT2D eigenvalue weighted by Gasteiger charge is -2.07. The molecule has 0 unspecified atom stereocenters. The number of carbonyl (C=O) groups is 1. The van der Waals surface area contributed by atoms with Gasteiger partial charge in [-0.1, -0.05) is 18.2 Å². The minimum Gasteiger partial charge on any atom is -0.501 e. The average molecular weight is 370 g/mol. The Labute approximate surface area is 149 Å². The van der Waals surface area contributed by atoms with Crippen LogP contribution in [0, 0.1) is 11.6 Å². The monoisotopic (exact) mass is 370 g/mol. The molecule has 1 amide bonds. The third-order valence-electron chi connectivity index (χ3n) is 4.10. The Balaban J connectivity index is 1.69. The summed E-state index contributed by atoms with van der Waals surface area (Å²) in [6.07, 6.45) is 0. The van der Waals surface area contributed by atoms with Crippen molar-refractivity contribution in [3.05, 3.63) is 75.7 Å². The smallest absolute Gasteiger partial charge is 0.302 e. The Hall–Kier alpha value is -3.75. The molecule has 27 heavy (non-hydrogen) atoms. The van der Waals surface area contributed by atoms with Gasteiger partial charge in [-0.3, -0.25) is 9.59 Å². The molecule has 3 N–H and O–H groups in total. The molecule has 2 aromatic heterocycles. The number of amides is 1. The van der Waals surface area contributed by atoms with E-state index in [-0.39, 0.29) is 12.3 Å². The van der Waals surface area contributed by atoms with Crippen LogP contribution in [0.4, 0.5) is 8.78 Å². The number of aromatic hydroxyl groups is 1. The fourth-order valence-electron chi connectivity index (χ4n) is 2.79. The number of carbonyl (C=O) groups excluding carboxylic acids is 1. The van der Waals surface area contributed by atoms with E-state index in [1.165, 1.54) is 6.07 Å². The Bertz CT molecular complexity index is 1260. The van der Waals surface area contributed by atoms with E-state index < -0.39 is 34.5 Å². The van der Waals surface area contributed by atoms with E-state index in [4.69, 9.17) is 0 Å². The molecule has 0 fully saturated rings. The second kappa shape index (κ2) is 6.20. The fourth-order valence-corrected chi connectivity index (χ4v) is 2.79. The largest absolute Gasteiger partial charge is 0.501 e. The number of aromatic amines is 1. The van der Waals surface area contributed by atoms with E-state index in [0.29, 0.717) is 16.6 Å². The first-order chi connectivity index (χ1) is 13.0. The zero-order valence-electron chi connectivity index (χ0n) is 13.7. The Morgan fingerprint density at radius 1 is 1.19 bits per heavy atom. The molecular weight excluding hydrogens is 358 g/mol. The third kappa shape index (κ3) is 2.78. The molecule has 0 aliphatic heterocycles. The molecule has 0 bridgehead atoms. The van der Waals surface area contributed by atoms with Crippen LogP contribution in [0.3, 0.4) is 0 Å². The van der Waals surface area contributed by atoms with Crippen LogP contribution < -0.4 is 10.9 Å². The number of nitrogens with one attached hydrogen (secondary N) is 2. The van der Waals surface area contributed by atoms with Gasteiger partial charge in [0.2, 0.25) is 11.5 Å². The fraction of sp³-hybridized carbons (Fsp3) is 0.0556. The second-order valence-electron chi connectivity index (χ2n) is 5.85. The number of halogens is 2. The summed E-state index contributed by atoms with van der Waals surface area (Å²) in [5.74, 6) is -3.57. The summed E-state index contributed by atoms with van der Waals surface area (Å²) < 4.78 is 27.3. The molecule has 0 saturated carbocycles. The third-order valence-corrected chi connectivity index (χ3v) is 4.10. The first-order valence-electron chi connectivity index (χ1n) is 7.90. The predicted molar refractivity (Wildman–Crippen MR) is 92.5 cm³/mol. The van der Waals surface area contributed by atoms with Crippen LogP contribution in [0.1, 0.15) is 16.1 Å². The standard InChI is InChI=1S/C18H12F2N4O3/c19-10-6-5-9(7-11(10)20)8-21-16(26)14-15(25)17(27)24-13-4-2-1-3-12(13)22-18(24)23-14/h1-7,25H,8H2,(H,21,26)(H,22,23). The highest BCUT2D eigenvalue weighted by Crippen LogP contribution is 2.17. The predicted octanol–water partition coefficient (Wildman–Crippen LogP) is 2.09. The maximum absolute atomic E-state index is 13.2. The summed E-state index contributed by atoms with van der Waals surface area (Å²) >= 11 is 0. The molecule has 0 aliphatic rings. The summed E-state index contributed by atoms with van der Waals surface area (Å²) in [7, 11) is 0. The van der Waals surface area contributed by atoms with Crippen LogP contribution in [-0.2, 0) is 6.54 Å². The lowest BCUT2D eigenvalue weighted by molar-refractivity contribution is 0.0942. The van der Waals surface area contributed by atoms with Crippen molar-refractivity contribution in [1.29, 1.82) is 0 Å². The first kappa shape index (κ1) is 16.7. The second-order valence-corrected chi connectivity index (χ2v) is 5.85. The maximum Gasteiger partial charge on any atom is 0.302 e. The number of H-pyrrole nitrogens is 1. The van der Waals surface area contributed by atoms with E-state index >= 15 is 0 Å². The molecule has 0 radical (unpaired) electrons. The van der Waals surface area contributed by atoms with Crippen LogP contribution in [-0.4, -0.2) is 25.4 Å². The van der Waals surface area contributed by atoms with E-state index in [1.54, 1.807) is 24.3 Å². The number of hydrogen-bond acceptors (Lipinski definition) is 4. The highest BCUT2D eigenvalue weighted by Gasteiger charge is 2.20. The zero-order valence-corrected chi connectivity index (χ0v) is 13.7. The van der Waals surface area contributed by atoms with Crippen molar-refractivity contribution >= 4 is 22.7 Å². The topological polar surface area (TPSA) is 99.5 Å². The van der Waals surface area contributed by atoms with Crippen molar-refractivity contribution in [3.63, 3.8) is 0 Å². The van der Waals surface area contributed by atoms with Crippen LogP contribution >= 0.6 is 0 Å². The minimum absolute atomic E-state index is 0.0944. The Morgan fingerprint density at radius 2 is 1.96 bits per heavy atom. The molecule has 7 nitrogen and oxygen atoms in total. The van der Waals surface area contributed by atoms with Crippen LogP contribution in [0.25, 0.3) is 16.8 Å². The zero-order chi connectivity index (χ0) is 19.1. The number of hydrogen-bond donors (Lipinski definition) is 3. The number of benzene rings is 2. The first-order valence-corrected chi connectivity index (χ1v) is 7.90. The van der Waals surface area contributed by atoms with Gasteiger partial charge >= 0.3 is 5.56 Å². The van der Waals surface area contributed by atoms with E-state index in [9.17, 15) is 23.5 Å². The maximum atomic E-state index is 13.2. The number of aromatic nitrogens is 3. The van der Waals surface area contributed by atoms with E-state index in [0.717, 1.165) is 16.5 Å². The van der Waals surface area contributed by atoms with Crippen molar-refractivity contribution in [2.24, 2.45) is 0 Å². The van der Waals surface area contributed by atoms with Gasteiger partial charge in [-0.05, 0) is 29.8 Å². The molecule has 9 heteroatoms. The van der Waals surface area contributed by atoms with E-state index in [1.807, 2.05) is 0 Å². The van der Waals surface area contributed by atoms with Crippen molar-refractivity contribution in [2.45, 2.75) is 6.54 Å². The van der Waals surface area contributed by atoms with Gasteiger partial charge < -0.3 is 15.4 Å². The van der Waals surface area contributed by atoms with Crippen molar-refractivity contribution in [3.8, 4) is 5.75 Å². The molecule has 4 aromatic rings. The van der Waals surface area contributed by atoms with Crippen molar-refractivity contribution in [2.75, 3.05) is 0 Å². The molecule has 2 aromatic carbocycles. The molecule has 0 atom stereocenters. The highest BCUT2D eigenvalue weighted by molar-refractivity contribution is 5.95. The lowest BCUT2D eigenvalue weighted by atomic mass is 10.2. The molecule has 4 rings (SSSR count). The van der Waals surface area contributed by atoms with Crippen LogP contribution in [0.5, 0.6) is 5.75 Å². The van der Waals surface area contributed by atoms with Gasteiger partial charge in [-0.25, -0.2) is 18.2 Å². The summed E-state index contributed by atoms with van der Waals surface area (Å²) in [5.41, 5.74) is 0.171. The summed E-state index contributed by atoms with van der Waals surface area (Å²) in [5, 5.41) is 12.6. The van der Waals surface area contributed by atoms with Crippen LogP contribution in [0.2, 0.25) is 0 Å².